The molecule has 0 aliphatic carbocycles. The van der Waals surface area contributed by atoms with Crippen LogP contribution in [0.4, 0.5) is 16.2 Å². The Hall–Kier alpha value is -2.17. The summed E-state index contributed by atoms with van der Waals surface area (Å²) in [5.74, 6) is -0.299. The van der Waals surface area contributed by atoms with Crippen molar-refractivity contribution in [2.45, 2.75) is 45.3 Å². The van der Waals surface area contributed by atoms with Crippen molar-refractivity contribution in [1.82, 2.24) is 15.3 Å². The third-order valence-corrected chi connectivity index (χ3v) is 5.23. The molecule has 0 unspecified atom stereocenters. The van der Waals surface area contributed by atoms with Crippen molar-refractivity contribution in [3.63, 3.8) is 0 Å². The van der Waals surface area contributed by atoms with Gasteiger partial charge in [-0.15, -0.1) is 0 Å². The second-order valence-electron chi connectivity index (χ2n) is 8.21. The molecule has 1 aliphatic heterocycles. The van der Waals surface area contributed by atoms with Gasteiger partial charge in [-0.3, -0.25) is 9.69 Å². The number of H-pyrrole nitrogens is 1. The molecule has 3 heterocycles. The van der Waals surface area contributed by atoms with Gasteiger partial charge >= 0.3 is 6.09 Å². The fourth-order valence-corrected chi connectivity index (χ4v) is 3.99. The summed E-state index contributed by atoms with van der Waals surface area (Å²) < 4.78 is 11.3. The molecule has 0 aromatic carbocycles. The van der Waals surface area contributed by atoms with Gasteiger partial charge in [0, 0.05) is 26.0 Å². The number of carbonyl (C=O) groups excluding carboxylic acids is 2. The summed E-state index contributed by atoms with van der Waals surface area (Å²) in [6.45, 7) is 7.00. The first-order chi connectivity index (χ1) is 14.2. The van der Waals surface area contributed by atoms with E-state index in [1.807, 2.05) is 20.8 Å². The molecule has 2 aromatic rings. The standard InChI is InChI=1S/C20H28BrN5O4/c1-20(2,3)30-19(28)26(12-6-5-7-22-8-12)17-13(21)9-23-18-16(17)14(10-24-18)25-15(27)11-29-4/h9-10,12,22H,5-8,11H2,1-4H3,(H,23,24)(H,25,27)/t12-/m1/s1. The van der Waals surface area contributed by atoms with E-state index in [-0.39, 0.29) is 18.6 Å². The maximum atomic E-state index is 13.3. The number of nitrogens with zero attached hydrogens (tertiary/aromatic N) is 2. The number of fused-ring (bicyclic) bond motifs is 1. The third kappa shape index (κ3) is 5.11. The maximum absolute atomic E-state index is 13.3. The van der Waals surface area contributed by atoms with Crippen molar-refractivity contribution < 1.29 is 19.1 Å². The van der Waals surface area contributed by atoms with Gasteiger partial charge < -0.3 is 25.1 Å². The molecule has 1 atom stereocenters. The quantitative estimate of drug-likeness (QED) is 0.603. The molecular formula is C20H28BrN5O4. The first-order valence-corrected chi connectivity index (χ1v) is 10.7. The van der Waals surface area contributed by atoms with E-state index < -0.39 is 11.7 Å². The normalized spacial score (nSPS) is 17.0. The minimum atomic E-state index is -0.649. The van der Waals surface area contributed by atoms with Crippen LogP contribution in [0.2, 0.25) is 0 Å². The number of carbonyl (C=O) groups is 2. The van der Waals surface area contributed by atoms with E-state index in [2.05, 4.69) is 36.5 Å². The molecule has 0 bridgehead atoms. The minimum absolute atomic E-state index is 0.0776. The fraction of sp³-hybridized carbons (Fsp3) is 0.550. The van der Waals surface area contributed by atoms with Crippen molar-refractivity contribution in [2.24, 2.45) is 0 Å². The van der Waals surface area contributed by atoms with E-state index in [4.69, 9.17) is 9.47 Å². The van der Waals surface area contributed by atoms with E-state index >= 15 is 0 Å². The van der Waals surface area contributed by atoms with E-state index in [9.17, 15) is 9.59 Å². The van der Waals surface area contributed by atoms with E-state index in [0.717, 1.165) is 19.4 Å². The van der Waals surface area contributed by atoms with Crippen molar-refractivity contribution in [3.05, 3.63) is 16.9 Å². The van der Waals surface area contributed by atoms with Crippen LogP contribution in [-0.4, -0.2) is 60.4 Å². The Morgan fingerprint density at radius 1 is 1.40 bits per heavy atom. The van der Waals surface area contributed by atoms with Gasteiger partial charge in [0.25, 0.3) is 0 Å². The molecule has 2 aromatic heterocycles. The smallest absolute Gasteiger partial charge is 0.415 e. The lowest BCUT2D eigenvalue weighted by Crippen LogP contribution is -2.50. The number of methoxy groups -OCH3 is 1. The Labute approximate surface area is 184 Å². The minimum Gasteiger partial charge on any atom is -0.443 e. The summed E-state index contributed by atoms with van der Waals surface area (Å²) in [6, 6.07) is -0.104. The Morgan fingerprint density at radius 2 is 2.17 bits per heavy atom. The second-order valence-corrected chi connectivity index (χ2v) is 9.07. The number of aromatic amines is 1. The highest BCUT2D eigenvalue weighted by Gasteiger charge is 2.34. The first kappa shape index (κ1) is 22.5. The molecule has 3 rings (SSSR count). The fourth-order valence-electron chi connectivity index (χ4n) is 3.50. The molecule has 30 heavy (non-hydrogen) atoms. The van der Waals surface area contributed by atoms with Crippen molar-refractivity contribution in [1.29, 1.82) is 0 Å². The number of aromatic nitrogens is 2. The second kappa shape index (κ2) is 9.32. The van der Waals surface area contributed by atoms with Gasteiger partial charge in [0.1, 0.15) is 17.9 Å². The Morgan fingerprint density at radius 3 is 2.80 bits per heavy atom. The number of hydrogen-bond donors (Lipinski definition) is 3. The number of piperidine rings is 1. The van der Waals surface area contributed by atoms with Gasteiger partial charge in [-0.25, -0.2) is 9.78 Å². The van der Waals surface area contributed by atoms with Crippen LogP contribution in [0.15, 0.2) is 16.9 Å². The molecule has 0 saturated carbocycles. The molecule has 2 amide bonds. The average Bonchev–Trinajstić information content (AvgIpc) is 3.06. The van der Waals surface area contributed by atoms with E-state index in [1.54, 1.807) is 17.3 Å². The lowest BCUT2D eigenvalue weighted by Gasteiger charge is -2.36. The molecule has 0 radical (unpaired) electrons. The van der Waals surface area contributed by atoms with Crippen LogP contribution in [-0.2, 0) is 14.3 Å². The lowest BCUT2D eigenvalue weighted by molar-refractivity contribution is -0.119. The van der Waals surface area contributed by atoms with Crippen molar-refractivity contribution >= 4 is 50.3 Å². The van der Waals surface area contributed by atoms with Gasteiger partial charge in [0.15, 0.2) is 0 Å². The summed E-state index contributed by atoms with van der Waals surface area (Å²) in [7, 11) is 1.46. The zero-order chi connectivity index (χ0) is 21.9. The van der Waals surface area contributed by atoms with Crippen LogP contribution in [0, 0.1) is 0 Å². The average molecular weight is 482 g/mol. The first-order valence-electron chi connectivity index (χ1n) is 9.88. The largest absolute Gasteiger partial charge is 0.443 e. The summed E-state index contributed by atoms with van der Waals surface area (Å²) in [5.41, 5.74) is 1.03. The number of rotatable bonds is 5. The van der Waals surface area contributed by atoms with Crippen LogP contribution < -0.4 is 15.5 Å². The molecule has 1 fully saturated rings. The number of pyridine rings is 1. The highest BCUT2D eigenvalue weighted by Crippen LogP contribution is 2.40. The van der Waals surface area contributed by atoms with Gasteiger partial charge in [0.05, 0.1) is 27.3 Å². The maximum Gasteiger partial charge on any atom is 0.415 e. The van der Waals surface area contributed by atoms with Crippen molar-refractivity contribution in [3.8, 4) is 0 Å². The highest BCUT2D eigenvalue weighted by molar-refractivity contribution is 9.10. The highest BCUT2D eigenvalue weighted by atomic mass is 79.9. The number of hydrogen-bond acceptors (Lipinski definition) is 6. The third-order valence-electron chi connectivity index (χ3n) is 4.65. The number of anilines is 2. The zero-order valence-corrected chi connectivity index (χ0v) is 19.3. The van der Waals surface area contributed by atoms with Gasteiger partial charge in [-0.05, 0) is 56.1 Å². The Kier molecular flexibility index (Phi) is 6.99. The molecule has 10 heteroatoms. The molecule has 9 nitrogen and oxygen atoms in total. The zero-order valence-electron chi connectivity index (χ0n) is 17.7. The molecule has 1 saturated heterocycles. The number of ether oxygens (including phenoxy) is 2. The molecule has 1 aliphatic rings. The predicted molar refractivity (Wildman–Crippen MR) is 119 cm³/mol. The number of amides is 2. The summed E-state index contributed by atoms with van der Waals surface area (Å²) in [4.78, 5) is 34.6. The lowest BCUT2D eigenvalue weighted by atomic mass is 10.0. The SMILES string of the molecule is COCC(=O)Nc1c[nH]c2ncc(Br)c(N(C(=O)OC(C)(C)C)[C@@H]3CCCNC3)c12. The van der Waals surface area contributed by atoms with E-state index in [0.29, 0.717) is 33.4 Å². The van der Waals surface area contributed by atoms with Gasteiger partial charge in [0.2, 0.25) is 5.91 Å². The van der Waals surface area contributed by atoms with E-state index in [1.165, 1.54) is 7.11 Å². The molecule has 164 valence electrons. The molecular weight excluding hydrogens is 454 g/mol. The van der Waals surface area contributed by atoms with Crippen LogP contribution in [0.25, 0.3) is 11.0 Å². The summed E-state index contributed by atoms with van der Waals surface area (Å²) >= 11 is 3.56. The van der Waals surface area contributed by atoms with Crippen LogP contribution in [0.3, 0.4) is 0 Å². The van der Waals surface area contributed by atoms with Gasteiger partial charge in [-0.1, -0.05) is 0 Å². The van der Waals surface area contributed by atoms with Crippen LogP contribution in [0.1, 0.15) is 33.6 Å². The Bertz CT molecular complexity index is 918. The Balaban J connectivity index is 2.12. The summed E-state index contributed by atoms with van der Waals surface area (Å²) in [5, 5.41) is 6.81. The summed E-state index contributed by atoms with van der Waals surface area (Å²) in [6.07, 6.45) is 4.63. The number of halogens is 1. The van der Waals surface area contributed by atoms with Crippen LogP contribution >= 0.6 is 15.9 Å². The monoisotopic (exact) mass is 481 g/mol. The molecule has 3 N–H and O–H groups in total. The van der Waals surface area contributed by atoms with Gasteiger partial charge in [-0.2, -0.15) is 0 Å². The number of nitrogens with one attached hydrogen (secondary N) is 3. The topological polar surface area (TPSA) is 109 Å². The molecule has 0 spiro atoms. The predicted octanol–water partition coefficient (Wildman–Crippen LogP) is 3.40. The van der Waals surface area contributed by atoms with Crippen LogP contribution in [0.5, 0.6) is 0 Å². The van der Waals surface area contributed by atoms with Crippen molar-refractivity contribution in [2.75, 3.05) is 37.0 Å².